The summed E-state index contributed by atoms with van der Waals surface area (Å²) in [6.07, 6.45) is -0.961. The number of hydrogen-bond donors (Lipinski definition) is 2. The number of carbonyl (C=O) groups excluding carboxylic acids is 1. The van der Waals surface area contributed by atoms with Crippen LogP contribution in [0.4, 0.5) is 4.79 Å². The lowest BCUT2D eigenvalue weighted by Gasteiger charge is -2.22. The maximum atomic E-state index is 11.7. The van der Waals surface area contributed by atoms with E-state index in [1.54, 1.807) is 24.3 Å². The van der Waals surface area contributed by atoms with E-state index in [1.807, 2.05) is 24.3 Å². The number of amides is 1. The molecule has 0 radical (unpaired) electrons. The van der Waals surface area contributed by atoms with E-state index in [0.717, 1.165) is 21.6 Å². The lowest BCUT2D eigenvalue weighted by atomic mass is 9.92. The van der Waals surface area contributed by atoms with E-state index in [2.05, 4.69) is 0 Å². The Bertz CT molecular complexity index is 742. The molecule has 0 aliphatic rings. The second-order valence-corrected chi connectivity index (χ2v) is 5.81. The molecule has 0 aliphatic carbocycles. The number of rotatable bonds is 6. The molecule has 1 atom stereocenters. The number of carboxylic acid groups (broad SMARTS) is 1. The zero-order valence-corrected chi connectivity index (χ0v) is 14.2. The van der Waals surface area contributed by atoms with Crippen LogP contribution in [0.15, 0.2) is 48.5 Å². The maximum Gasteiger partial charge on any atom is 0.407 e. The number of phenols is 1. The van der Waals surface area contributed by atoms with Gasteiger partial charge in [0.25, 0.3) is 0 Å². The SMILES string of the molecule is COC(=O)C[C@H](CN(C)C(=O)O)c1cccc(-c2ccc(O)cc2)c1. The predicted octanol–water partition coefficient (Wildman–Crippen LogP) is 3.32. The molecule has 2 N–H and O–H groups in total. The highest BCUT2D eigenvalue weighted by Gasteiger charge is 2.21. The van der Waals surface area contributed by atoms with Gasteiger partial charge in [0.2, 0.25) is 0 Å². The summed E-state index contributed by atoms with van der Waals surface area (Å²) in [5.41, 5.74) is 2.69. The number of benzene rings is 2. The minimum Gasteiger partial charge on any atom is -0.508 e. The van der Waals surface area contributed by atoms with Crippen LogP contribution in [0.25, 0.3) is 11.1 Å². The zero-order valence-electron chi connectivity index (χ0n) is 14.2. The summed E-state index contributed by atoms with van der Waals surface area (Å²) in [4.78, 5) is 24.0. The van der Waals surface area contributed by atoms with Crippen LogP contribution in [-0.4, -0.2) is 47.9 Å². The number of nitrogens with zero attached hydrogens (tertiary/aromatic N) is 1. The summed E-state index contributed by atoms with van der Waals surface area (Å²) in [5.74, 6) is -0.518. The Morgan fingerprint density at radius 2 is 1.80 bits per heavy atom. The van der Waals surface area contributed by atoms with Gasteiger partial charge in [0.1, 0.15) is 5.75 Å². The van der Waals surface area contributed by atoms with E-state index >= 15 is 0 Å². The van der Waals surface area contributed by atoms with Crippen LogP contribution >= 0.6 is 0 Å². The summed E-state index contributed by atoms with van der Waals surface area (Å²) in [5, 5.41) is 18.5. The first kappa shape index (κ1) is 18.3. The molecule has 2 rings (SSSR count). The van der Waals surface area contributed by atoms with Gasteiger partial charge in [-0.05, 0) is 28.8 Å². The molecule has 1 amide bonds. The van der Waals surface area contributed by atoms with Crippen LogP contribution in [-0.2, 0) is 9.53 Å². The molecule has 25 heavy (non-hydrogen) atoms. The summed E-state index contributed by atoms with van der Waals surface area (Å²) < 4.78 is 4.74. The highest BCUT2D eigenvalue weighted by molar-refractivity contribution is 5.71. The molecule has 0 bridgehead atoms. The third-order valence-corrected chi connectivity index (χ3v) is 4.02. The van der Waals surface area contributed by atoms with Crippen LogP contribution in [0.1, 0.15) is 17.9 Å². The zero-order chi connectivity index (χ0) is 18.4. The molecule has 2 aromatic carbocycles. The molecule has 2 aromatic rings. The molecular weight excluding hydrogens is 322 g/mol. The van der Waals surface area contributed by atoms with Gasteiger partial charge < -0.3 is 19.8 Å². The highest BCUT2D eigenvalue weighted by Crippen LogP contribution is 2.28. The molecule has 6 nitrogen and oxygen atoms in total. The molecule has 6 heteroatoms. The van der Waals surface area contributed by atoms with E-state index in [0.29, 0.717) is 0 Å². The van der Waals surface area contributed by atoms with Crippen LogP contribution < -0.4 is 0 Å². The first-order valence-electron chi connectivity index (χ1n) is 7.81. The Balaban J connectivity index is 2.32. The van der Waals surface area contributed by atoms with Crippen LogP contribution in [0.3, 0.4) is 0 Å². The monoisotopic (exact) mass is 343 g/mol. The lowest BCUT2D eigenvalue weighted by molar-refractivity contribution is -0.141. The van der Waals surface area contributed by atoms with Gasteiger partial charge >= 0.3 is 12.1 Å². The van der Waals surface area contributed by atoms with Gasteiger partial charge in [-0.1, -0.05) is 36.4 Å². The Morgan fingerprint density at radius 3 is 2.40 bits per heavy atom. The second kappa shape index (κ2) is 8.19. The van der Waals surface area contributed by atoms with Crippen molar-refractivity contribution >= 4 is 12.1 Å². The fourth-order valence-electron chi connectivity index (χ4n) is 2.61. The predicted molar refractivity (Wildman–Crippen MR) is 93.6 cm³/mol. The van der Waals surface area contributed by atoms with Crippen molar-refractivity contribution in [3.8, 4) is 16.9 Å². The van der Waals surface area contributed by atoms with Crippen molar-refractivity contribution in [2.75, 3.05) is 20.7 Å². The third kappa shape index (κ3) is 4.97. The molecular formula is C19H21NO5. The van der Waals surface area contributed by atoms with Crippen molar-refractivity contribution in [1.29, 1.82) is 0 Å². The van der Waals surface area contributed by atoms with Gasteiger partial charge in [-0.15, -0.1) is 0 Å². The number of carbonyl (C=O) groups is 2. The van der Waals surface area contributed by atoms with E-state index in [-0.39, 0.29) is 30.6 Å². The maximum absolute atomic E-state index is 11.7. The van der Waals surface area contributed by atoms with E-state index in [1.165, 1.54) is 14.2 Å². The van der Waals surface area contributed by atoms with E-state index in [9.17, 15) is 14.7 Å². The Morgan fingerprint density at radius 1 is 1.12 bits per heavy atom. The smallest absolute Gasteiger partial charge is 0.407 e. The van der Waals surface area contributed by atoms with E-state index in [4.69, 9.17) is 9.84 Å². The first-order valence-corrected chi connectivity index (χ1v) is 7.81. The van der Waals surface area contributed by atoms with Gasteiger partial charge in [0, 0.05) is 19.5 Å². The number of likely N-dealkylation sites (N-methyl/N-ethyl adjacent to an activating group) is 1. The standard InChI is InChI=1S/C19H21NO5/c1-20(19(23)24)12-16(11-18(22)25-2)15-5-3-4-14(10-15)13-6-8-17(21)9-7-13/h3-10,16,21H,11-12H2,1-2H3,(H,23,24)/t16-/m1/s1. The number of aromatic hydroxyl groups is 1. The first-order chi connectivity index (χ1) is 11.9. The number of methoxy groups -OCH3 is 1. The molecule has 0 fully saturated rings. The fourth-order valence-corrected chi connectivity index (χ4v) is 2.61. The number of hydrogen-bond acceptors (Lipinski definition) is 4. The number of ether oxygens (including phenoxy) is 1. The fraction of sp³-hybridized carbons (Fsp3) is 0.263. The molecule has 0 aliphatic heterocycles. The number of esters is 1. The van der Waals surface area contributed by atoms with Crippen LogP contribution in [0, 0.1) is 0 Å². The van der Waals surface area contributed by atoms with Crippen molar-refractivity contribution in [3.63, 3.8) is 0 Å². The third-order valence-electron chi connectivity index (χ3n) is 4.02. The molecule has 0 unspecified atom stereocenters. The van der Waals surface area contributed by atoms with Crippen LogP contribution in [0.5, 0.6) is 5.75 Å². The van der Waals surface area contributed by atoms with Crippen molar-refractivity contribution in [3.05, 3.63) is 54.1 Å². The van der Waals surface area contributed by atoms with Crippen molar-refractivity contribution in [2.45, 2.75) is 12.3 Å². The average Bonchev–Trinajstić information content (AvgIpc) is 2.61. The molecule has 0 aromatic heterocycles. The minimum atomic E-state index is -1.05. The van der Waals surface area contributed by atoms with Gasteiger partial charge in [-0.3, -0.25) is 4.79 Å². The molecule has 0 saturated carbocycles. The normalized spacial score (nSPS) is 11.6. The largest absolute Gasteiger partial charge is 0.508 e. The van der Waals surface area contributed by atoms with Gasteiger partial charge in [0.15, 0.2) is 0 Å². The average molecular weight is 343 g/mol. The quantitative estimate of drug-likeness (QED) is 0.786. The summed E-state index contributed by atoms with van der Waals surface area (Å²) in [7, 11) is 2.78. The lowest BCUT2D eigenvalue weighted by Crippen LogP contribution is -2.30. The number of phenolic OH excluding ortho intramolecular Hbond substituents is 1. The minimum absolute atomic E-state index is 0.0904. The summed E-state index contributed by atoms with van der Waals surface area (Å²) in [6.45, 7) is 0.184. The topological polar surface area (TPSA) is 87.1 Å². The van der Waals surface area contributed by atoms with Crippen LogP contribution in [0.2, 0.25) is 0 Å². The van der Waals surface area contributed by atoms with Crippen molar-refractivity contribution in [1.82, 2.24) is 4.90 Å². The van der Waals surface area contributed by atoms with Gasteiger partial charge in [-0.25, -0.2) is 4.79 Å². The Kier molecular flexibility index (Phi) is 6.00. The molecule has 0 heterocycles. The van der Waals surface area contributed by atoms with Crippen molar-refractivity contribution in [2.24, 2.45) is 0 Å². The molecule has 0 spiro atoms. The second-order valence-electron chi connectivity index (χ2n) is 5.81. The van der Waals surface area contributed by atoms with E-state index < -0.39 is 6.09 Å². The molecule has 132 valence electrons. The van der Waals surface area contributed by atoms with Gasteiger partial charge in [0.05, 0.1) is 13.5 Å². The Labute approximate surface area is 146 Å². The molecule has 0 saturated heterocycles. The highest BCUT2D eigenvalue weighted by atomic mass is 16.5. The summed E-state index contributed by atoms with van der Waals surface area (Å²) >= 11 is 0. The van der Waals surface area contributed by atoms with Gasteiger partial charge in [-0.2, -0.15) is 0 Å². The summed E-state index contributed by atoms with van der Waals surface area (Å²) in [6, 6.07) is 14.4. The van der Waals surface area contributed by atoms with Crippen molar-refractivity contribution < 1.29 is 24.5 Å². The Hall–Kier alpha value is -3.02.